The van der Waals surface area contributed by atoms with Crippen molar-refractivity contribution < 1.29 is 0 Å². The summed E-state index contributed by atoms with van der Waals surface area (Å²) < 4.78 is 0. The maximum Gasteiger partial charge on any atom is 0.178 e. The molecular weight excluding hydrogens is 342 g/mol. The fourth-order valence-corrected chi connectivity index (χ4v) is 3.12. The minimum Gasteiger partial charge on any atom is -0.249 e. The number of nitrogens with zero attached hydrogens (tertiary/aromatic N) is 3. The second-order valence-corrected chi connectivity index (χ2v) is 6.27. The van der Waals surface area contributed by atoms with Crippen LogP contribution < -0.4 is 0 Å². The molecule has 0 unspecified atom stereocenters. The number of benzene rings is 2. The lowest BCUT2D eigenvalue weighted by molar-refractivity contribution is 1.06. The molecule has 2 aromatic heterocycles. The van der Waals surface area contributed by atoms with Crippen molar-refractivity contribution in [3.05, 3.63) is 88.7 Å². The van der Waals surface area contributed by atoms with Crippen molar-refractivity contribution in [2.24, 2.45) is 0 Å². The zero-order valence-electron chi connectivity index (χ0n) is 13.9. The van der Waals surface area contributed by atoms with E-state index in [4.69, 9.17) is 23.0 Å². The third-order valence-corrected chi connectivity index (χ3v) is 4.46. The summed E-state index contributed by atoms with van der Waals surface area (Å²) in [6.07, 6.45) is 8.02. The second kappa shape index (κ2) is 6.95. The van der Waals surface area contributed by atoms with Crippen LogP contribution >= 0.6 is 11.6 Å². The molecule has 26 heavy (non-hydrogen) atoms. The van der Waals surface area contributed by atoms with Crippen LogP contribution in [0.4, 0.5) is 0 Å². The molecule has 3 nitrogen and oxygen atoms in total. The molecule has 124 valence electrons. The van der Waals surface area contributed by atoms with Crippen LogP contribution in [0.3, 0.4) is 0 Å². The van der Waals surface area contributed by atoms with Crippen molar-refractivity contribution in [2.45, 2.75) is 6.42 Å². The van der Waals surface area contributed by atoms with Crippen molar-refractivity contribution in [3.63, 3.8) is 0 Å². The molecule has 0 N–H and O–H groups in total. The summed E-state index contributed by atoms with van der Waals surface area (Å²) in [4.78, 5) is 13.8. The lowest BCUT2D eigenvalue weighted by atomic mass is 10.0. The van der Waals surface area contributed by atoms with Gasteiger partial charge in [-0.25, -0.2) is 15.0 Å². The first kappa shape index (κ1) is 16.3. The molecule has 0 bridgehead atoms. The molecule has 0 radical (unpaired) electrons. The number of pyridine rings is 1. The molecule has 0 saturated carbocycles. The Kier molecular flexibility index (Phi) is 4.35. The quantitative estimate of drug-likeness (QED) is 0.490. The molecule has 0 aliphatic carbocycles. The van der Waals surface area contributed by atoms with Crippen LogP contribution in [0.25, 0.3) is 22.4 Å². The maximum absolute atomic E-state index is 6.20. The first-order valence-corrected chi connectivity index (χ1v) is 8.54. The lowest BCUT2D eigenvalue weighted by Gasteiger charge is -2.08. The highest BCUT2D eigenvalue weighted by molar-refractivity contribution is 6.31. The summed E-state index contributed by atoms with van der Waals surface area (Å²) in [6.45, 7) is 0. The van der Waals surface area contributed by atoms with Gasteiger partial charge in [0.1, 0.15) is 5.69 Å². The maximum atomic E-state index is 6.20. The Balaban J connectivity index is 1.71. The van der Waals surface area contributed by atoms with Crippen LogP contribution in [0.2, 0.25) is 5.02 Å². The van der Waals surface area contributed by atoms with Crippen LogP contribution in [-0.2, 0) is 6.42 Å². The minimum atomic E-state index is 0.582. The van der Waals surface area contributed by atoms with Gasteiger partial charge in [-0.05, 0) is 29.8 Å². The van der Waals surface area contributed by atoms with Gasteiger partial charge in [0.2, 0.25) is 0 Å². The Hall–Kier alpha value is -3.22. The molecule has 0 amide bonds. The zero-order chi connectivity index (χ0) is 17.9. The van der Waals surface area contributed by atoms with Crippen molar-refractivity contribution in [3.8, 4) is 23.9 Å². The molecule has 0 aliphatic rings. The number of aromatic nitrogens is 3. The molecule has 2 heterocycles. The van der Waals surface area contributed by atoms with Crippen molar-refractivity contribution >= 4 is 22.5 Å². The van der Waals surface area contributed by atoms with Crippen LogP contribution in [0.1, 0.15) is 16.8 Å². The molecule has 0 fully saturated rings. The number of halogens is 1. The predicted molar refractivity (Wildman–Crippen MR) is 105 cm³/mol. The molecule has 4 aromatic rings. The molecule has 0 spiro atoms. The van der Waals surface area contributed by atoms with Gasteiger partial charge in [0.05, 0.1) is 10.5 Å². The van der Waals surface area contributed by atoms with Crippen LogP contribution in [0.15, 0.2) is 66.9 Å². The number of hydrogen-bond acceptors (Lipinski definition) is 3. The van der Waals surface area contributed by atoms with Gasteiger partial charge in [0, 0.05) is 29.3 Å². The monoisotopic (exact) mass is 355 g/mol. The highest BCUT2D eigenvalue weighted by Crippen LogP contribution is 2.22. The normalized spacial score (nSPS) is 10.6. The van der Waals surface area contributed by atoms with E-state index in [2.05, 4.69) is 15.9 Å². The van der Waals surface area contributed by atoms with E-state index in [9.17, 15) is 0 Å². The van der Waals surface area contributed by atoms with E-state index in [0.29, 0.717) is 22.8 Å². The Morgan fingerprint density at radius 3 is 2.65 bits per heavy atom. The standard InChI is InChI=1S/C22H14ClN3/c1-2-18-15(8-5-10-19(18)23)13-17-9-6-12-21(25-17)22-24-14-16-7-3-4-11-20(16)26-22/h1,3-12,14H,13H2. The lowest BCUT2D eigenvalue weighted by Crippen LogP contribution is -1.99. The number of rotatable bonds is 3. The first-order chi connectivity index (χ1) is 12.7. The van der Waals surface area contributed by atoms with E-state index in [1.807, 2.05) is 60.8 Å². The first-order valence-electron chi connectivity index (χ1n) is 8.17. The fraction of sp³-hybridized carbons (Fsp3) is 0.0455. The molecular formula is C22H14ClN3. The van der Waals surface area contributed by atoms with Crippen molar-refractivity contribution in [1.82, 2.24) is 15.0 Å². The van der Waals surface area contributed by atoms with Gasteiger partial charge in [-0.2, -0.15) is 0 Å². The topological polar surface area (TPSA) is 38.7 Å². The second-order valence-electron chi connectivity index (χ2n) is 5.86. The summed E-state index contributed by atoms with van der Waals surface area (Å²) >= 11 is 6.20. The van der Waals surface area contributed by atoms with E-state index in [-0.39, 0.29) is 0 Å². The molecule has 4 heteroatoms. The highest BCUT2D eigenvalue weighted by atomic mass is 35.5. The third kappa shape index (κ3) is 3.15. The zero-order valence-corrected chi connectivity index (χ0v) is 14.6. The number of para-hydroxylation sites is 1. The summed E-state index contributed by atoms with van der Waals surface area (Å²) in [5, 5.41) is 1.59. The van der Waals surface area contributed by atoms with Crippen molar-refractivity contribution in [2.75, 3.05) is 0 Å². The average molecular weight is 356 g/mol. The van der Waals surface area contributed by atoms with Crippen molar-refractivity contribution in [1.29, 1.82) is 0 Å². The summed E-state index contributed by atoms with van der Waals surface area (Å²) in [7, 11) is 0. The van der Waals surface area contributed by atoms with E-state index in [0.717, 1.165) is 27.9 Å². The van der Waals surface area contributed by atoms with E-state index in [1.165, 1.54) is 0 Å². The Morgan fingerprint density at radius 1 is 0.923 bits per heavy atom. The number of terminal acetylenes is 1. The van der Waals surface area contributed by atoms with E-state index >= 15 is 0 Å². The van der Waals surface area contributed by atoms with Gasteiger partial charge in [0.15, 0.2) is 5.82 Å². The highest BCUT2D eigenvalue weighted by Gasteiger charge is 2.09. The third-order valence-electron chi connectivity index (χ3n) is 4.14. The summed E-state index contributed by atoms with van der Waals surface area (Å²) in [5.74, 6) is 3.27. The van der Waals surface area contributed by atoms with E-state index in [1.54, 1.807) is 6.07 Å². The molecule has 0 saturated heterocycles. The Morgan fingerprint density at radius 2 is 1.77 bits per heavy atom. The van der Waals surface area contributed by atoms with Crippen LogP contribution in [-0.4, -0.2) is 15.0 Å². The van der Waals surface area contributed by atoms with Crippen LogP contribution in [0, 0.1) is 12.3 Å². The van der Waals surface area contributed by atoms with Crippen LogP contribution in [0.5, 0.6) is 0 Å². The Bertz CT molecular complexity index is 1150. The molecule has 0 atom stereocenters. The fourth-order valence-electron chi connectivity index (χ4n) is 2.87. The minimum absolute atomic E-state index is 0.582. The van der Waals surface area contributed by atoms with E-state index < -0.39 is 0 Å². The van der Waals surface area contributed by atoms with Gasteiger partial charge < -0.3 is 0 Å². The summed E-state index contributed by atoms with van der Waals surface area (Å²) in [5.41, 5.74) is 4.21. The SMILES string of the molecule is C#Cc1c(Cl)cccc1Cc1cccc(-c2ncc3ccccc3n2)n1. The number of hydrogen-bond donors (Lipinski definition) is 0. The summed E-state index contributed by atoms with van der Waals surface area (Å²) in [6, 6.07) is 19.4. The van der Waals surface area contributed by atoms with Gasteiger partial charge in [-0.3, -0.25) is 0 Å². The number of fused-ring (bicyclic) bond motifs is 1. The predicted octanol–water partition coefficient (Wildman–Crippen LogP) is 4.92. The van der Waals surface area contributed by atoms with Gasteiger partial charge in [-0.15, -0.1) is 6.42 Å². The molecule has 2 aromatic carbocycles. The van der Waals surface area contributed by atoms with Gasteiger partial charge in [0.25, 0.3) is 0 Å². The average Bonchev–Trinajstić information content (AvgIpc) is 2.68. The Labute approximate surface area is 156 Å². The largest absolute Gasteiger partial charge is 0.249 e. The molecule has 4 rings (SSSR count). The molecule has 0 aliphatic heterocycles. The van der Waals surface area contributed by atoms with Gasteiger partial charge >= 0.3 is 0 Å². The van der Waals surface area contributed by atoms with Gasteiger partial charge in [-0.1, -0.05) is 53.9 Å². The smallest absolute Gasteiger partial charge is 0.178 e.